The number of pyridine rings is 1. The van der Waals surface area contributed by atoms with Gasteiger partial charge in [0, 0.05) is 30.6 Å². The monoisotopic (exact) mass is 330 g/mol. The first-order valence-corrected chi connectivity index (χ1v) is 8.07. The Morgan fingerprint density at radius 2 is 1.84 bits per heavy atom. The van der Waals surface area contributed by atoms with Crippen LogP contribution in [-0.2, 0) is 13.6 Å². The fraction of sp³-hybridized carbons (Fsp3) is 0.105. The van der Waals surface area contributed by atoms with Crippen LogP contribution < -0.4 is 5.32 Å². The lowest BCUT2D eigenvalue weighted by atomic mass is 10.1. The number of aromatic nitrogens is 5. The normalized spacial score (nSPS) is 10.8. The van der Waals surface area contributed by atoms with Gasteiger partial charge in [0.1, 0.15) is 0 Å². The van der Waals surface area contributed by atoms with E-state index >= 15 is 0 Å². The molecule has 0 aliphatic heterocycles. The highest BCUT2D eigenvalue weighted by molar-refractivity contribution is 5.74. The highest BCUT2D eigenvalue weighted by atomic mass is 15.3. The molecule has 3 heterocycles. The Morgan fingerprint density at radius 3 is 2.64 bits per heavy atom. The second-order valence-electron chi connectivity index (χ2n) is 5.76. The van der Waals surface area contributed by atoms with Crippen molar-refractivity contribution in [2.45, 2.75) is 6.54 Å². The summed E-state index contributed by atoms with van der Waals surface area (Å²) < 4.78 is 1.88. The Balaban J connectivity index is 1.52. The third-order valence-corrected chi connectivity index (χ3v) is 4.06. The van der Waals surface area contributed by atoms with Crippen molar-refractivity contribution in [3.63, 3.8) is 0 Å². The smallest absolute Gasteiger partial charge is 0.0925 e. The minimum Gasteiger partial charge on any atom is -0.376 e. The van der Waals surface area contributed by atoms with Crippen LogP contribution in [0.25, 0.3) is 22.5 Å². The molecule has 0 saturated carbocycles. The van der Waals surface area contributed by atoms with Crippen molar-refractivity contribution >= 4 is 5.69 Å². The number of nitrogens with one attached hydrogen (secondary N) is 2. The molecule has 0 fully saturated rings. The highest BCUT2D eigenvalue weighted by Crippen LogP contribution is 2.27. The summed E-state index contributed by atoms with van der Waals surface area (Å²) in [6, 6.07) is 16.2. The minimum absolute atomic E-state index is 0.642. The van der Waals surface area contributed by atoms with Gasteiger partial charge < -0.3 is 5.32 Å². The predicted molar refractivity (Wildman–Crippen MR) is 97.8 cm³/mol. The SMILES string of the molecule is Cn1ncc(NCc2cc(-c3ccncc3)n[nH]2)c1-c1ccccc1. The van der Waals surface area contributed by atoms with Crippen LogP contribution in [0.1, 0.15) is 5.69 Å². The van der Waals surface area contributed by atoms with Crippen molar-refractivity contribution in [3.05, 3.63) is 72.8 Å². The average molecular weight is 330 g/mol. The molecule has 3 aromatic heterocycles. The van der Waals surface area contributed by atoms with Gasteiger partial charge in [-0.15, -0.1) is 0 Å². The molecule has 25 heavy (non-hydrogen) atoms. The number of hydrogen-bond donors (Lipinski definition) is 2. The van der Waals surface area contributed by atoms with Crippen LogP contribution >= 0.6 is 0 Å². The maximum absolute atomic E-state index is 4.38. The molecule has 6 nitrogen and oxygen atoms in total. The van der Waals surface area contributed by atoms with Crippen molar-refractivity contribution in [1.82, 2.24) is 25.0 Å². The quantitative estimate of drug-likeness (QED) is 0.588. The molecule has 0 spiro atoms. The summed E-state index contributed by atoms with van der Waals surface area (Å²) in [6.45, 7) is 0.642. The number of rotatable bonds is 5. The Kier molecular flexibility index (Phi) is 4.00. The summed E-state index contributed by atoms with van der Waals surface area (Å²) in [5.41, 5.74) is 6.16. The molecule has 124 valence electrons. The van der Waals surface area contributed by atoms with Gasteiger partial charge in [0.25, 0.3) is 0 Å². The lowest BCUT2D eigenvalue weighted by molar-refractivity contribution is 0.776. The fourth-order valence-electron chi connectivity index (χ4n) is 2.82. The van der Waals surface area contributed by atoms with Crippen LogP contribution in [0.4, 0.5) is 5.69 Å². The molecule has 6 heteroatoms. The Labute approximate surface area is 145 Å². The first-order chi connectivity index (χ1) is 12.3. The van der Waals surface area contributed by atoms with Gasteiger partial charge in [-0.3, -0.25) is 14.8 Å². The Morgan fingerprint density at radius 1 is 1.04 bits per heavy atom. The molecule has 0 unspecified atom stereocenters. The molecule has 0 bridgehead atoms. The number of nitrogens with zero attached hydrogens (tertiary/aromatic N) is 4. The van der Waals surface area contributed by atoms with Gasteiger partial charge in [-0.1, -0.05) is 30.3 Å². The van der Waals surface area contributed by atoms with Crippen LogP contribution in [-0.4, -0.2) is 25.0 Å². The third-order valence-electron chi connectivity index (χ3n) is 4.06. The van der Waals surface area contributed by atoms with Crippen LogP contribution in [0.15, 0.2) is 67.1 Å². The van der Waals surface area contributed by atoms with Gasteiger partial charge >= 0.3 is 0 Å². The van der Waals surface area contributed by atoms with E-state index in [0.717, 1.165) is 33.9 Å². The zero-order valence-corrected chi connectivity index (χ0v) is 13.8. The van der Waals surface area contributed by atoms with E-state index in [9.17, 15) is 0 Å². The van der Waals surface area contributed by atoms with Gasteiger partial charge in [0.15, 0.2) is 0 Å². The molecule has 4 rings (SSSR count). The van der Waals surface area contributed by atoms with Gasteiger partial charge in [-0.25, -0.2) is 0 Å². The third kappa shape index (κ3) is 3.14. The second kappa shape index (κ2) is 6.60. The lowest BCUT2D eigenvalue weighted by Crippen LogP contribution is -2.01. The van der Waals surface area contributed by atoms with E-state index < -0.39 is 0 Å². The standard InChI is InChI=1S/C19H18N6/c1-25-19(15-5-3-2-4-6-15)18(13-22-25)21-12-16-11-17(24-23-16)14-7-9-20-10-8-14/h2-11,13,21H,12H2,1H3,(H,23,24). The van der Waals surface area contributed by atoms with Crippen molar-refractivity contribution in [2.24, 2.45) is 7.05 Å². The maximum atomic E-state index is 4.38. The van der Waals surface area contributed by atoms with Gasteiger partial charge in [-0.05, 0) is 18.2 Å². The molecular weight excluding hydrogens is 312 g/mol. The van der Waals surface area contributed by atoms with Crippen LogP contribution in [0.5, 0.6) is 0 Å². The largest absolute Gasteiger partial charge is 0.376 e. The minimum atomic E-state index is 0.642. The van der Waals surface area contributed by atoms with Crippen molar-refractivity contribution in [1.29, 1.82) is 0 Å². The topological polar surface area (TPSA) is 71.4 Å². The summed E-state index contributed by atoms with van der Waals surface area (Å²) in [7, 11) is 1.95. The molecule has 0 radical (unpaired) electrons. The van der Waals surface area contributed by atoms with E-state index in [2.05, 4.69) is 37.7 Å². The van der Waals surface area contributed by atoms with Crippen LogP contribution in [0.3, 0.4) is 0 Å². The molecule has 0 aliphatic carbocycles. The summed E-state index contributed by atoms with van der Waals surface area (Å²) in [5.74, 6) is 0. The summed E-state index contributed by atoms with van der Waals surface area (Å²) in [5, 5.41) is 15.3. The van der Waals surface area contributed by atoms with Crippen molar-refractivity contribution in [3.8, 4) is 22.5 Å². The average Bonchev–Trinajstić information content (AvgIpc) is 3.28. The Hall–Kier alpha value is -3.41. The van der Waals surface area contributed by atoms with E-state index in [-0.39, 0.29) is 0 Å². The predicted octanol–water partition coefficient (Wildman–Crippen LogP) is 3.48. The maximum Gasteiger partial charge on any atom is 0.0925 e. The van der Waals surface area contributed by atoms with Crippen LogP contribution in [0.2, 0.25) is 0 Å². The van der Waals surface area contributed by atoms with E-state index in [0.29, 0.717) is 6.54 Å². The number of benzene rings is 1. The first-order valence-electron chi connectivity index (χ1n) is 8.07. The van der Waals surface area contributed by atoms with E-state index in [4.69, 9.17) is 0 Å². The molecule has 1 aromatic carbocycles. The summed E-state index contributed by atoms with van der Waals surface area (Å²) >= 11 is 0. The zero-order chi connectivity index (χ0) is 17.1. The van der Waals surface area contributed by atoms with Crippen molar-refractivity contribution in [2.75, 3.05) is 5.32 Å². The molecule has 0 atom stereocenters. The number of aromatic amines is 1. The van der Waals surface area contributed by atoms with E-state index in [1.54, 1.807) is 12.4 Å². The number of H-pyrrole nitrogens is 1. The van der Waals surface area contributed by atoms with Gasteiger partial charge in [0.05, 0.1) is 35.5 Å². The second-order valence-corrected chi connectivity index (χ2v) is 5.76. The number of hydrogen-bond acceptors (Lipinski definition) is 4. The Bertz CT molecular complexity index is 956. The van der Waals surface area contributed by atoms with E-state index in [1.165, 1.54) is 0 Å². The summed E-state index contributed by atoms with van der Waals surface area (Å²) in [6.07, 6.45) is 5.38. The van der Waals surface area contributed by atoms with Gasteiger partial charge in [-0.2, -0.15) is 10.2 Å². The van der Waals surface area contributed by atoms with Gasteiger partial charge in [0.2, 0.25) is 0 Å². The van der Waals surface area contributed by atoms with Crippen molar-refractivity contribution < 1.29 is 0 Å². The molecule has 0 amide bonds. The molecule has 0 saturated heterocycles. The zero-order valence-electron chi connectivity index (χ0n) is 13.8. The fourth-order valence-corrected chi connectivity index (χ4v) is 2.82. The molecular formula is C19H18N6. The first kappa shape index (κ1) is 15.1. The number of aryl methyl sites for hydroxylation is 1. The summed E-state index contributed by atoms with van der Waals surface area (Å²) in [4.78, 5) is 4.03. The van der Waals surface area contributed by atoms with E-state index in [1.807, 2.05) is 54.3 Å². The highest BCUT2D eigenvalue weighted by Gasteiger charge is 2.11. The molecule has 2 N–H and O–H groups in total. The van der Waals surface area contributed by atoms with Crippen LogP contribution in [0, 0.1) is 0 Å². The molecule has 4 aromatic rings. The lowest BCUT2D eigenvalue weighted by Gasteiger charge is -2.08. The molecule has 0 aliphatic rings. The number of anilines is 1.